The van der Waals surface area contributed by atoms with Crippen molar-refractivity contribution in [3.05, 3.63) is 0 Å². The fraction of sp³-hybridized carbons (Fsp3) is 0.935. The molecule has 6 saturated carbocycles. The summed E-state index contributed by atoms with van der Waals surface area (Å²) in [4.78, 5) is 52.5. The van der Waals surface area contributed by atoms with Crippen LogP contribution in [0, 0.1) is 58.7 Å². The molecule has 13 heteroatoms. The second kappa shape index (κ2) is 19.7. The van der Waals surface area contributed by atoms with Crippen LogP contribution in [0.1, 0.15) is 111 Å². The highest BCUT2D eigenvalue weighted by atomic mass is 16.7. The van der Waals surface area contributed by atoms with Gasteiger partial charge in [0.15, 0.2) is 0 Å². The van der Waals surface area contributed by atoms with Gasteiger partial charge in [-0.15, -0.1) is 0 Å². The average Bonchev–Trinajstić information content (AvgIpc) is 3.59. The largest absolute Gasteiger partial charge is 0.394 e. The van der Waals surface area contributed by atoms with Crippen LogP contribution in [0.3, 0.4) is 0 Å². The molecule has 6 aliphatic carbocycles. The molecule has 4 N–H and O–H groups in total. The smallest absolute Gasteiger partial charge is 0.244 e. The molecule has 13 nitrogen and oxygen atoms in total. The van der Waals surface area contributed by atoms with Crippen LogP contribution in [0.25, 0.3) is 0 Å². The van der Waals surface area contributed by atoms with Gasteiger partial charge in [-0.25, -0.2) is 0 Å². The zero-order chi connectivity index (χ0) is 42.9. The molecule has 1 saturated heterocycles. The van der Waals surface area contributed by atoms with E-state index in [0.29, 0.717) is 42.1 Å². The van der Waals surface area contributed by atoms with Crippen molar-refractivity contribution in [3.63, 3.8) is 0 Å². The average molecular weight is 832 g/mol. The van der Waals surface area contributed by atoms with Crippen molar-refractivity contribution in [1.82, 2.24) is 25.5 Å². The number of carbonyl (C=O) groups excluding carboxylic acids is 3. The van der Waals surface area contributed by atoms with Crippen molar-refractivity contribution in [2.45, 2.75) is 160 Å². The third-order valence-electron chi connectivity index (χ3n) is 16.9. The number of hydrogen-bond acceptors (Lipinski definition) is 10. The third kappa shape index (κ3) is 10.0. The van der Waals surface area contributed by atoms with Crippen molar-refractivity contribution in [3.8, 4) is 0 Å². The van der Waals surface area contributed by atoms with Gasteiger partial charge >= 0.3 is 0 Å². The monoisotopic (exact) mass is 832 g/mol. The summed E-state index contributed by atoms with van der Waals surface area (Å²) < 4.78 is 12.0. The van der Waals surface area contributed by atoms with Crippen molar-refractivity contribution < 1.29 is 38.9 Å². The van der Waals surface area contributed by atoms with Gasteiger partial charge in [0.05, 0.1) is 24.9 Å². The predicted molar refractivity (Wildman–Crippen MR) is 227 cm³/mol. The predicted octanol–water partition coefficient (Wildman–Crippen LogP) is 4.09. The minimum Gasteiger partial charge on any atom is -0.394 e. The number of aliphatic hydroxyl groups is 2. The first-order valence-corrected chi connectivity index (χ1v) is 23.2. The number of amides is 3. The van der Waals surface area contributed by atoms with Gasteiger partial charge in [0.2, 0.25) is 17.7 Å². The zero-order valence-corrected chi connectivity index (χ0v) is 38.1. The Kier molecular flexibility index (Phi) is 15.5. The molecule has 0 aromatic rings. The topological polar surface area (TPSA) is 153 Å². The molecule has 7 rings (SSSR count). The van der Waals surface area contributed by atoms with Crippen molar-refractivity contribution in [1.29, 1.82) is 0 Å². The number of fused-ring (bicyclic) bond motifs is 2. The van der Waals surface area contributed by atoms with E-state index >= 15 is 0 Å². The van der Waals surface area contributed by atoms with Crippen LogP contribution in [0.2, 0.25) is 0 Å². The Hall–Kier alpha value is -1.87. The number of rotatable bonds is 15. The number of carbonyl (C=O) groups is 3. The molecule has 0 aromatic heterocycles. The molecule has 0 radical (unpaired) electrons. The van der Waals surface area contributed by atoms with Gasteiger partial charge in [0.25, 0.3) is 0 Å². The Labute approximate surface area is 355 Å². The summed E-state index contributed by atoms with van der Waals surface area (Å²) in [6.07, 6.45) is 10.7. The maximum atomic E-state index is 14.4. The number of hydrogen-bond donors (Lipinski definition) is 4. The first-order valence-electron chi connectivity index (χ1n) is 23.2. The molecular weight excluding hydrogens is 751 g/mol. The molecule has 1 heterocycles. The minimum absolute atomic E-state index is 0.0275. The Morgan fingerprint density at radius 3 is 2.22 bits per heavy atom. The summed E-state index contributed by atoms with van der Waals surface area (Å²) >= 11 is 0. The molecular formula is C46H81N5O8. The fourth-order valence-corrected chi connectivity index (χ4v) is 13.2. The van der Waals surface area contributed by atoms with Crippen LogP contribution in [0.4, 0.5) is 0 Å². The lowest BCUT2D eigenvalue weighted by atomic mass is 9.45. The summed E-state index contributed by atoms with van der Waals surface area (Å²) in [5.74, 6) is 1.35. The molecule has 15 atom stereocenters. The lowest BCUT2D eigenvalue weighted by Crippen LogP contribution is -2.62. The summed E-state index contributed by atoms with van der Waals surface area (Å²) in [5.41, 5.74) is 0.298. The van der Waals surface area contributed by atoms with Crippen molar-refractivity contribution in [2.75, 3.05) is 55.6 Å². The van der Waals surface area contributed by atoms with Crippen molar-refractivity contribution in [2.24, 2.45) is 58.7 Å². The number of nitrogens with one attached hydrogen (secondary N) is 2. The molecule has 59 heavy (non-hydrogen) atoms. The first kappa shape index (κ1) is 46.6. The van der Waals surface area contributed by atoms with Crippen molar-refractivity contribution >= 4 is 17.7 Å². The van der Waals surface area contributed by atoms with E-state index in [-0.39, 0.29) is 72.3 Å². The van der Waals surface area contributed by atoms with E-state index < -0.39 is 30.2 Å². The van der Waals surface area contributed by atoms with Gasteiger partial charge in [0.1, 0.15) is 18.2 Å². The molecule has 0 spiro atoms. The van der Waals surface area contributed by atoms with Crippen LogP contribution in [0.15, 0.2) is 0 Å². The number of ether oxygens (including phenoxy) is 2. The van der Waals surface area contributed by atoms with Gasteiger partial charge in [-0.05, 0) is 139 Å². The van der Waals surface area contributed by atoms with Gasteiger partial charge in [-0.3, -0.25) is 19.2 Å². The second-order valence-corrected chi connectivity index (χ2v) is 21.0. The quantitative estimate of drug-likeness (QED) is 0.190. The number of methoxy groups -OCH3 is 2. The first-order chi connectivity index (χ1) is 28.0. The molecule has 338 valence electrons. The summed E-state index contributed by atoms with van der Waals surface area (Å²) in [6, 6.07) is -1.01. The number of hydroxylamine groups is 2. The zero-order valence-electron chi connectivity index (χ0n) is 38.1. The van der Waals surface area contributed by atoms with Crippen LogP contribution >= 0.6 is 0 Å². The van der Waals surface area contributed by atoms with E-state index in [2.05, 4.69) is 50.4 Å². The highest BCUT2D eigenvalue weighted by Gasteiger charge is 2.58. The Bertz CT molecular complexity index is 1420. The molecule has 0 aromatic carbocycles. The summed E-state index contributed by atoms with van der Waals surface area (Å²) in [5, 5.41) is 30.0. The lowest BCUT2D eigenvalue weighted by molar-refractivity contribution is -0.193. The van der Waals surface area contributed by atoms with Crippen LogP contribution in [-0.2, 0) is 28.7 Å². The maximum Gasteiger partial charge on any atom is 0.244 e. The number of likely N-dealkylation sites (N-methyl/N-ethyl adjacent to an activating group) is 1. The van der Waals surface area contributed by atoms with Crippen LogP contribution in [0.5, 0.6) is 0 Å². The van der Waals surface area contributed by atoms with Crippen LogP contribution < -0.4 is 10.6 Å². The molecule has 3 amide bonds. The summed E-state index contributed by atoms with van der Waals surface area (Å²) in [6.45, 7) is 8.83. The van der Waals surface area contributed by atoms with Gasteiger partial charge in [0, 0.05) is 64.7 Å². The Balaban J connectivity index is 1.16. The van der Waals surface area contributed by atoms with Gasteiger partial charge in [-0.2, -0.15) is 5.06 Å². The van der Waals surface area contributed by atoms with E-state index in [1.165, 1.54) is 6.42 Å². The van der Waals surface area contributed by atoms with E-state index in [9.17, 15) is 24.6 Å². The number of nitrogens with zero attached hydrogens (tertiary/aromatic N) is 3. The Morgan fingerprint density at radius 1 is 0.932 bits per heavy atom. The molecule has 1 aliphatic heterocycles. The van der Waals surface area contributed by atoms with E-state index in [0.717, 1.165) is 70.6 Å². The standard InChI is InChI=1S/C46H81N5O8/c1-26-36-22-32(46(36,3)4)23-37(26)47-44(55)41-40(27(2)53)39(25-52)59-51(41)24-29-12-11-13-35(42(29)58-10)30-19-31(21-33(20-30)49(5)6)43(54)48-38(45(56)50(7)8)18-28-14-16-34(57-9)17-15-28/h26-42,52-53H,11-25H2,1-10H3,(H,47,55)(H,48,54)/t26-,27-,28?,29?,30?,31?,32+,33?,34?,35?,36-,37?,38-,39-,40+,41-,42?/m0/s1. The normalized spacial score (nSPS) is 40.8. The SMILES string of the molecule is COC1CCC(C[C@H](NC(=O)C2CC(C3CCCC(CN4O[C@@H](CO)[C@@H]([C@H](C)O)[C@H]4C(=O)NC4C[C@H]5C[C@@H]([C@@H]4C)C5(C)C)C3OC)CC(N(C)C)C2)C(=O)N(C)C)CC1. The van der Waals surface area contributed by atoms with E-state index in [1.807, 2.05) is 0 Å². The highest BCUT2D eigenvalue weighted by Crippen LogP contribution is 2.61. The molecule has 7 fully saturated rings. The molecule has 7 aliphatic rings. The lowest BCUT2D eigenvalue weighted by Gasteiger charge is -2.62. The summed E-state index contributed by atoms with van der Waals surface area (Å²) in [7, 11) is 11.3. The number of aliphatic hydroxyl groups excluding tert-OH is 2. The third-order valence-corrected chi connectivity index (χ3v) is 16.9. The maximum absolute atomic E-state index is 14.4. The highest BCUT2D eigenvalue weighted by molar-refractivity contribution is 5.88. The minimum atomic E-state index is -0.854. The Morgan fingerprint density at radius 2 is 1.64 bits per heavy atom. The molecule has 7 unspecified atom stereocenters. The van der Waals surface area contributed by atoms with Gasteiger partial charge < -0.3 is 40.1 Å². The van der Waals surface area contributed by atoms with E-state index in [4.69, 9.17) is 14.3 Å². The van der Waals surface area contributed by atoms with E-state index in [1.54, 1.807) is 45.2 Å². The molecule has 2 bridgehead atoms. The fourth-order valence-electron chi connectivity index (χ4n) is 13.2. The second-order valence-electron chi connectivity index (χ2n) is 21.0. The van der Waals surface area contributed by atoms with Crippen LogP contribution in [-0.4, -0.2) is 147 Å². The van der Waals surface area contributed by atoms with Gasteiger partial charge in [-0.1, -0.05) is 27.2 Å².